The lowest BCUT2D eigenvalue weighted by Crippen LogP contribution is -2.18. The van der Waals surface area contributed by atoms with Crippen LogP contribution in [-0.2, 0) is 0 Å². The molecule has 10 aromatic rings. The highest BCUT2D eigenvalue weighted by molar-refractivity contribution is 6.03. The summed E-state index contributed by atoms with van der Waals surface area (Å²) in [6.45, 7) is 0. The Hall–Kier alpha value is -9.84. The SMILES string of the molecule is C1=CCC(c2cccc(-c3nc(-c4ccc(-c5ccccc5)cc4)nc(-c4cccc(-c5cccc(-c6cccc(C7=NC(c8cccc(C9C=CC=CC9)c8)NC(c8ccc(-c9ccccc9)cc8)=CC7)c6)c5)c4)n3)c2)C=C1. The molecule has 3 atom stereocenters. The number of allylic oxidation sites excluding steroid dienone is 9. The fourth-order valence-corrected chi connectivity index (χ4v) is 11.0. The van der Waals surface area contributed by atoms with Crippen molar-refractivity contribution in [2.75, 3.05) is 0 Å². The second kappa shape index (κ2) is 22.4. The second-order valence-electron chi connectivity index (χ2n) is 20.5. The number of nitrogens with zero attached hydrogens (tertiary/aromatic N) is 4. The Morgan fingerprint density at radius 2 is 0.722 bits per heavy atom. The molecule has 0 saturated carbocycles. The van der Waals surface area contributed by atoms with E-state index < -0.39 is 0 Å². The van der Waals surface area contributed by atoms with E-state index in [4.69, 9.17) is 19.9 Å². The number of benzene rings is 9. The van der Waals surface area contributed by atoms with E-state index >= 15 is 0 Å². The lowest BCUT2D eigenvalue weighted by atomic mass is 9.91. The second-order valence-corrected chi connectivity index (χ2v) is 20.5. The summed E-state index contributed by atoms with van der Waals surface area (Å²) in [5.41, 5.74) is 19.9. The first-order valence-corrected chi connectivity index (χ1v) is 27.4. The van der Waals surface area contributed by atoms with Crippen LogP contribution in [0.2, 0.25) is 0 Å². The quantitative estimate of drug-likeness (QED) is 0.132. The van der Waals surface area contributed by atoms with Gasteiger partial charge in [0.25, 0.3) is 0 Å². The molecular formula is C74H57N5. The van der Waals surface area contributed by atoms with Gasteiger partial charge in [-0.1, -0.05) is 261 Å². The number of rotatable bonds is 12. The van der Waals surface area contributed by atoms with Crippen molar-refractivity contribution in [3.05, 3.63) is 313 Å². The molecule has 1 aliphatic heterocycles. The van der Waals surface area contributed by atoms with Gasteiger partial charge in [-0.15, -0.1) is 0 Å². The summed E-state index contributed by atoms with van der Waals surface area (Å²) >= 11 is 0. The van der Waals surface area contributed by atoms with Gasteiger partial charge in [-0.2, -0.15) is 0 Å². The van der Waals surface area contributed by atoms with Gasteiger partial charge in [0.2, 0.25) is 0 Å². The fourth-order valence-electron chi connectivity index (χ4n) is 11.0. The minimum Gasteiger partial charge on any atom is -0.360 e. The summed E-state index contributed by atoms with van der Waals surface area (Å²) in [5.74, 6) is 2.53. The van der Waals surface area contributed by atoms with Crippen LogP contribution in [0.1, 0.15) is 65.1 Å². The highest BCUT2D eigenvalue weighted by atomic mass is 15.1. The molecule has 2 heterocycles. The van der Waals surface area contributed by atoms with E-state index in [9.17, 15) is 0 Å². The summed E-state index contributed by atoms with van der Waals surface area (Å²) in [6, 6.07) is 82.3. The van der Waals surface area contributed by atoms with Crippen LogP contribution in [0.5, 0.6) is 0 Å². The molecule has 0 amide bonds. The van der Waals surface area contributed by atoms with E-state index in [2.05, 4.69) is 284 Å². The highest BCUT2D eigenvalue weighted by Crippen LogP contribution is 2.36. The van der Waals surface area contributed by atoms with Crippen LogP contribution >= 0.6 is 0 Å². The molecule has 0 fully saturated rings. The average Bonchev–Trinajstić information content (AvgIpc) is 3.85. The molecule has 3 aliphatic rings. The maximum atomic E-state index is 5.57. The monoisotopic (exact) mass is 1020 g/mol. The maximum absolute atomic E-state index is 5.57. The predicted molar refractivity (Wildman–Crippen MR) is 327 cm³/mol. The number of aliphatic imine (C=N–C) groups is 1. The van der Waals surface area contributed by atoms with Gasteiger partial charge in [0.1, 0.15) is 6.17 Å². The minimum absolute atomic E-state index is 0.293. The minimum atomic E-state index is -0.293. The molecule has 0 bridgehead atoms. The van der Waals surface area contributed by atoms with Crippen molar-refractivity contribution in [1.82, 2.24) is 20.3 Å². The third kappa shape index (κ3) is 10.9. The Kier molecular flexibility index (Phi) is 13.8. The Bertz CT molecular complexity index is 4010. The topological polar surface area (TPSA) is 63.1 Å². The predicted octanol–water partition coefficient (Wildman–Crippen LogP) is 18.3. The van der Waals surface area contributed by atoms with Crippen LogP contribution in [0.25, 0.3) is 84.4 Å². The third-order valence-electron chi connectivity index (χ3n) is 15.3. The zero-order valence-corrected chi connectivity index (χ0v) is 43.8. The summed E-state index contributed by atoms with van der Waals surface area (Å²) in [4.78, 5) is 21.1. The van der Waals surface area contributed by atoms with Crippen LogP contribution in [0.3, 0.4) is 0 Å². The Balaban J connectivity index is 0.825. The largest absolute Gasteiger partial charge is 0.360 e. The molecular weight excluding hydrogens is 959 g/mol. The van der Waals surface area contributed by atoms with Crippen molar-refractivity contribution >= 4 is 11.4 Å². The van der Waals surface area contributed by atoms with Crippen molar-refractivity contribution in [1.29, 1.82) is 0 Å². The average molecular weight is 1020 g/mol. The van der Waals surface area contributed by atoms with Gasteiger partial charge in [-0.05, 0) is 109 Å². The van der Waals surface area contributed by atoms with Crippen molar-refractivity contribution in [3.63, 3.8) is 0 Å². The molecule has 9 aromatic carbocycles. The summed E-state index contributed by atoms with van der Waals surface area (Å²) in [5, 5.41) is 3.90. The van der Waals surface area contributed by atoms with Gasteiger partial charge in [-0.25, -0.2) is 15.0 Å². The molecule has 378 valence electrons. The standard InChI is InChI=1S/C74H57N5/c1-5-18-51(19-6-1)55-36-40-57(41-37-55)69-44-45-70(76-72(75-69)66-33-15-26-59(48-66)53-22-9-3-10-23-53)65-32-14-30-63(47-65)61-28-13-29-62(46-61)64-31-17-35-68(50-64)74-78-71(58-42-38-56(39-43-58)52-20-7-2-8-21-52)77-73(79-74)67-34-16-27-60(49-67)54-24-11-4-12-25-54/h1-22,24,26-44,46-50,53-54,72,75H,23,25,45H2. The van der Waals surface area contributed by atoms with E-state index in [1.54, 1.807) is 0 Å². The van der Waals surface area contributed by atoms with Gasteiger partial charge in [0, 0.05) is 46.4 Å². The molecule has 79 heavy (non-hydrogen) atoms. The molecule has 2 aliphatic carbocycles. The lowest BCUT2D eigenvalue weighted by molar-refractivity contribution is 0.670. The van der Waals surface area contributed by atoms with Gasteiger partial charge in [-0.3, -0.25) is 4.99 Å². The van der Waals surface area contributed by atoms with Gasteiger partial charge >= 0.3 is 0 Å². The first kappa shape index (κ1) is 48.8. The fraction of sp³-hybridized carbons (Fsp3) is 0.0811. The van der Waals surface area contributed by atoms with Crippen molar-refractivity contribution in [2.24, 2.45) is 4.99 Å². The summed E-state index contributed by atoms with van der Waals surface area (Å²) < 4.78 is 0. The van der Waals surface area contributed by atoms with Crippen LogP contribution in [-0.4, -0.2) is 20.7 Å². The molecule has 13 rings (SSSR count). The molecule has 0 radical (unpaired) electrons. The van der Waals surface area contributed by atoms with Crippen molar-refractivity contribution < 1.29 is 0 Å². The van der Waals surface area contributed by atoms with E-state index in [0.717, 1.165) is 85.4 Å². The van der Waals surface area contributed by atoms with Crippen LogP contribution in [0.4, 0.5) is 0 Å². The number of nitrogens with one attached hydrogen (secondary N) is 1. The Morgan fingerprint density at radius 1 is 0.316 bits per heavy atom. The lowest BCUT2D eigenvalue weighted by Gasteiger charge is -2.21. The Labute approximate surface area is 463 Å². The molecule has 1 N–H and O–H groups in total. The van der Waals surface area contributed by atoms with Gasteiger partial charge in [0.05, 0.1) is 0 Å². The summed E-state index contributed by atoms with van der Waals surface area (Å²) in [7, 11) is 0. The number of hydrogen-bond donors (Lipinski definition) is 1. The number of hydrogen-bond acceptors (Lipinski definition) is 5. The Morgan fingerprint density at radius 3 is 1.28 bits per heavy atom. The highest BCUT2D eigenvalue weighted by Gasteiger charge is 2.21. The van der Waals surface area contributed by atoms with E-state index in [0.29, 0.717) is 35.7 Å². The van der Waals surface area contributed by atoms with Crippen LogP contribution in [0.15, 0.2) is 290 Å². The number of aromatic nitrogens is 3. The zero-order valence-electron chi connectivity index (χ0n) is 43.8. The molecule has 0 spiro atoms. The first-order chi connectivity index (χ1) is 39.1. The smallest absolute Gasteiger partial charge is 0.164 e. The summed E-state index contributed by atoms with van der Waals surface area (Å²) in [6.07, 6.45) is 22.2. The molecule has 0 saturated heterocycles. The molecule has 5 nitrogen and oxygen atoms in total. The van der Waals surface area contributed by atoms with Gasteiger partial charge in [0.15, 0.2) is 17.5 Å². The zero-order chi connectivity index (χ0) is 52.7. The van der Waals surface area contributed by atoms with Crippen molar-refractivity contribution in [3.8, 4) is 78.7 Å². The maximum Gasteiger partial charge on any atom is 0.164 e. The normalized spacial score (nSPS) is 16.6. The molecule has 3 unspecified atom stereocenters. The van der Waals surface area contributed by atoms with E-state index in [1.165, 1.54) is 27.8 Å². The van der Waals surface area contributed by atoms with E-state index in [-0.39, 0.29) is 6.17 Å². The van der Waals surface area contributed by atoms with E-state index in [1.807, 2.05) is 6.07 Å². The first-order valence-electron chi connectivity index (χ1n) is 27.4. The van der Waals surface area contributed by atoms with Crippen LogP contribution < -0.4 is 5.32 Å². The van der Waals surface area contributed by atoms with Gasteiger partial charge < -0.3 is 5.32 Å². The van der Waals surface area contributed by atoms with Crippen molar-refractivity contribution in [2.45, 2.75) is 37.3 Å². The van der Waals surface area contributed by atoms with Crippen LogP contribution in [0, 0.1) is 0 Å². The third-order valence-corrected chi connectivity index (χ3v) is 15.3. The molecule has 5 heteroatoms. The molecule has 1 aromatic heterocycles.